The highest BCUT2D eigenvalue weighted by Crippen LogP contribution is 2.32. The van der Waals surface area contributed by atoms with E-state index < -0.39 is 0 Å². The molecule has 1 aromatic heterocycles. The van der Waals surface area contributed by atoms with Crippen molar-refractivity contribution in [1.82, 2.24) is 4.90 Å². The summed E-state index contributed by atoms with van der Waals surface area (Å²) in [5, 5.41) is 13.4. The lowest BCUT2D eigenvalue weighted by molar-refractivity contribution is 0.194. The van der Waals surface area contributed by atoms with Crippen molar-refractivity contribution < 1.29 is 5.11 Å². The number of nitrogens with zero attached hydrogens (tertiary/aromatic N) is 1. The van der Waals surface area contributed by atoms with Gasteiger partial charge in [-0.2, -0.15) is 11.3 Å². The number of rotatable bonds is 6. The van der Waals surface area contributed by atoms with Crippen molar-refractivity contribution in [3.8, 4) is 0 Å². The molecule has 1 aromatic rings. The Labute approximate surface area is 114 Å². The summed E-state index contributed by atoms with van der Waals surface area (Å²) in [6.45, 7) is 4.65. The first-order valence-electron chi connectivity index (χ1n) is 6.88. The van der Waals surface area contributed by atoms with Crippen LogP contribution in [-0.2, 0) is 0 Å². The van der Waals surface area contributed by atoms with E-state index >= 15 is 0 Å². The smallest absolute Gasteiger partial charge is 0.0507 e. The second kappa shape index (κ2) is 6.66. The van der Waals surface area contributed by atoms with Gasteiger partial charge in [0.2, 0.25) is 0 Å². The van der Waals surface area contributed by atoms with Gasteiger partial charge in [-0.05, 0) is 54.1 Å². The van der Waals surface area contributed by atoms with E-state index in [1.165, 1.54) is 12.0 Å². The lowest BCUT2D eigenvalue weighted by Crippen LogP contribution is -2.39. The Hall–Kier alpha value is -0.420. The van der Waals surface area contributed by atoms with Gasteiger partial charge < -0.3 is 10.8 Å². The zero-order chi connectivity index (χ0) is 13.0. The standard InChI is InChI=1S/C14H24N2OS/c1-2-13(15)14(12-5-8-18-10-12)16-6-3-11(9-16)4-7-17/h5,8,10-11,13-14,17H,2-4,6-7,9,15H2,1H3. The normalized spacial score (nSPS) is 24.3. The fourth-order valence-corrected chi connectivity index (χ4v) is 3.62. The molecule has 1 fully saturated rings. The number of aliphatic hydroxyl groups excluding tert-OH is 1. The Balaban J connectivity index is 2.06. The van der Waals surface area contributed by atoms with E-state index in [1.54, 1.807) is 11.3 Å². The predicted molar refractivity (Wildman–Crippen MR) is 76.7 cm³/mol. The molecule has 2 rings (SSSR count). The maximum Gasteiger partial charge on any atom is 0.0507 e. The molecule has 0 aliphatic carbocycles. The molecule has 1 saturated heterocycles. The summed E-state index contributed by atoms with van der Waals surface area (Å²) in [5.74, 6) is 0.639. The highest BCUT2D eigenvalue weighted by Gasteiger charge is 2.31. The Morgan fingerprint density at radius 3 is 3.06 bits per heavy atom. The minimum Gasteiger partial charge on any atom is -0.396 e. The van der Waals surface area contributed by atoms with Crippen LogP contribution in [0, 0.1) is 5.92 Å². The van der Waals surface area contributed by atoms with Gasteiger partial charge in [0.15, 0.2) is 0 Å². The predicted octanol–water partition coefficient (Wildman–Crippen LogP) is 2.23. The second-order valence-corrected chi connectivity index (χ2v) is 6.02. The maximum atomic E-state index is 9.05. The molecule has 18 heavy (non-hydrogen) atoms. The van der Waals surface area contributed by atoms with E-state index in [9.17, 15) is 0 Å². The van der Waals surface area contributed by atoms with Crippen LogP contribution in [0.25, 0.3) is 0 Å². The van der Waals surface area contributed by atoms with Gasteiger partial charge in [0, 0.05) is 19.2 Å². The molecule has 102 valence electrons. The first kappa shape index (κ1) is 14.0. The third kappa shape index (κ3) is 3.12. The summed E-state index contributed by atoms with van der Waals surface area (Å²) in [5.41, 5.74) is 7.68. The lowest BCUT2D eigenvalue weighted by atomic mass is 9.99. The van der Waals surface area contributed by atoms with Gasteiger partial charge in [-0.1, -0.05) is 6.92 Å². The van der Waals surface area contributed by atoms with Crippen LogP contribution < -0.4 is 5.73 Å². The first-order chi connectivity index (χ1) is 8.76. The molecular weight excluding hydrogens is 244 g/mol. The summed E-state index contributed by atoms with van der Waals surface area (Å²) >= 11 is 1.74. The first-order valence-corrected chi connectivity index (χ1v) is 7.83. The fraction of sp³-hybridized carbons (Fsp3) is 0.714. The molecule has 0 radical (unpaired) electrons. The third-order valence-corrected chi connectivity index (χ3v) is 4.71. The lowest BCUT2D eigenvalue weighted by Gasteiger charge is -2.32. The van der Waals surface area contributed by atoms with Crippen LogP contribution in [0.2, 0.25) is 0 Å². The van der Waals surface area contributed by atoms with E-state index in [4.69, 9.17) is 10.8 Å². The van der Waals surface area contributed by atoms with E-state index in [0.29, 0.717) is 18.6 Å². The average Bonchev–Trinajstić information content (AvgIpc) is 3.02. The largest absolute Gasteiger partial charge is 0.396 e. The zero-order valence-electron chi connectivity index (χ0n) is 11.1. The fourth-order valence-electron chi connectivity index (χ4n) is 2.93. The van der Waals surface area contributed by atoms with Gasteiger partial charge in [-0.15, -0.1) is 0 Å². The average molecular weight is 268 g/mol. The van der Waals surface area contributed by atoms with Crippen molar-refractivity contribution in [1.29, 1.82) is 0 Å². The zero-order valence-corrected chi connectivity index (χ0v) is 11.9. The van der Waals surface area contributed by atoms with Crippen LogP contribution in [0.4, 0.5) is 0 Å². The molecule has 3 atom stereocenters. The van der Waals surface area contributed by atoms with E-state index in [2.05, 4.69) is 28.7 Å². The molecule has 0 saturated carbocycles. The van der Waals surface area contributed by atoms with Crippen molar-refractivity contribution in [2.45, 2.75) is 38.3 Å². The van der Waals surface area contributed by atoms with Crippen molar-refractivity contribution >= 4 is 11.3 Å². The maximum absolute atomic E-state index is 9.05. The SMILES string of the molecule is CCC(N)C(c1ccsc1)N1CCC(CCO)C1. The molecular formula is C14H24N2OS. The molecule has 2 heterocycles. The number of likely N-dealkylation sites (tertiary alicyclic amines) is 1. The number of thiophene rings is 1. The Kier molecular flexibility index (Phi) is 5.18. The minimum atomic E-state index is 0.201. The van der Waals surface area contributed by atoms with Crippen molar-refractivity contribution in [3.05, 3.63) is 22.4 Å². The number of hydrogen-bond acceptors (Lipinski definition) is 4. The quantitative estimate of drug-likeness (QED) is 0.832. The molecule has 1 aliphatic rings. The van der Waals surface area contributed by atoms with Crippen LogP contribution in [0.15, 0.2) is 16.8 Å². The molecule has 3 unspecified atom stereocenters. The molecule has 0 spiro atoms. The Morgan fingerprint density at radius 2 is 2.44 bits per heavy atom. The van der Waals surface area contributed by atoms with Gasteiger partial charge >= 0.3 is 0 Å². The molecule has 0 aromatic carbocycles. The summed E-state index contributed by atoms with van der Waals surface area (Å²) in [4.78, 5) is 2.51. The van der Waals surface area contributed by atoms with Crippen LogP contribution in [0.3, 0.4) is 0 Å². The molecule has 3 nitrogen and oxygen atoms in total. The summed E-state index contributed by atoms with van der Waals surface area (Å²) in [6.07, 6.45) is 3.12. The topological polar surface area (TPSA) is 49.5 Å². The van der Waals surface area contributed by atoms with Gasteiger partial charge in [-0.3, -0.25) is 4.90 Å². The van der Waals surface area contributed by atoms with Gasteiger partial charge in [0.05, 0.1) is 6.04 Å². The summed E-state index contributed by atoms with van der Waals surface area (Å²) in [6, 6.07) is 2.75. The van der Waals surface area contributed by atoms with E-state index in [-0.39, 0.29) is 6.04 Å². The Bertz CT molecular complexity index is 342. The monoisotopic (exact) mass is 268 g/mol. The number of hydrogen-bond donors (Lipinski definition) is 2. The van der Waals surface area contributed by atoms with Crippen LogP contribution in [0.1, 0.15) is 37.8 Å². The minimum absolute atomic E-state index is 0.201. The van der Waals surface area contributed by atoms with Gasteiger partial charge in [-0.25, -0.2) is 0 Å². The highest BCUT2D eigenvalue weighted by atomic mass is 32.1. The van der Waals surface area contributed by atoms with Crippen LogP contribution in [-0.4, -0.2) is 35.7 Å². The van der Waals surface area contributed by atoms with Crippen molar-refractivity contribution in [3.63, 3.8) is 0 Å². The van der Waals surface area contributed by atoms with Crippen LogP contribution in [0.5, 0.6) is 0 Å². The molecule has 3 N–H and O–H groups in total. The number of aliphatic hydroxyl groups is 1. The molecule has 4 heteroatoms. The second-order valence-electron chi connectivity index (χ2n) is 5.24. The molecule has 1 aliphatic heterocycles. The summed E-state index contributed by atoms with van der Waals surface area (Å²) < 4.78 is 0. The van der Waals surface area contributed by atoms with Gasteiger partial charge in [0.25, 0.3) is 0 Å². The van der Waals surface area contributed by atoms with Crippen molar-refractivity contribution in [2.24, 2.45) is 11.7 Å². The number of nitrogens with two attached hydrogens (primary N) is 1. The Morgan fingerprint density at radius 1 is 1.61 bits per heavy atom. The van der Waals surface area contributed by atoms with Gasteiger partial charge in [0.1, 0.15) is 0 Å². The molecule has 0 bridgehead atoms. The van der Waals surface area contributed by atoms with E-state index in [0.717, 1.165) is 25.9 Å². The third-order valence-electron chi connectivity index (χ3n) is 4.01. The molecule has 0 amide bonds. The van der Waals surface area contributed by atoms with Crippen LogP contribution >= 0.6 is 11.3 Å². The van der Waals surface area contributed by atoms with Crippen molar-refractivity contribution in [2.75, 3.05) is 19.7 Å². The summed E-state index contributed by atoms with van der Waals surface area (Å²) in [7, 11) is 0. The van der Waals surface area contributed by atoms with E-state index in [1.807, 2.05) is 0 Å². The highest BCUT2D eigenvalue weighted by molar-refractivity contribution is 7.07.